The van der Waals surface area contributed by atoms with Crippen LogP contribution in [0, 0.1) is 11.2 Å². The first-order valence-corrected chi connectivity index (χ1v) is 8.34. The number of rotatable bonds is 4. The van der Waals surface area contributed by atoms with E-state index >= 15 is 0 Å². The van der Waals surface area contributed by atoms with Gasteiger partial charge in [-0.3, -0.25) is 0 Å². The average molecular weight is 369 g/mol. The summed E-state index contributed by atoms with van der Waals surface area (Å²) in [5, 5.41) is 0.261. The van der Waals surface area contributed by atoms with Gasteiger partial charge < -0.3 is 19.4 Å². The maximum atomic E-state index is 14.3. The molecule has 2 bridgehead atoms. The van der Waals surface area contributed by atoms with Gasteiger partial charge in [-0.05, 0) is 38.9 Å². The molecule has 0 aliphatic carbocycles. The summed E-state index contributed by atoms with van der Waals surface area (Å²) in [6.07, 6.45) is 4.72. The van der Waals surface area contributed by atoms with Crippen LogP contribution < -0.4 is 4.74 Å². The van der Waals surface area contributed by atoms with E-state index in [0.29, 0.717) is 17.9 Å². The number of hydrogen-bond acceptors (Lipinski definition) is 4. The number of carbonyl (C=O) groups is 1. The van der Waals surface area contributed by atoms with Crippen LogP contribution in [0.2, 0.25) is 0 Å². The van der Waals surface area contributed by atoms with E-state index in [1.54, 1.807) is 6.07 Å². The molecule has 1 aromatic carbocycles. The Morgan fingerprint density at radius 3 is 2.60 bits per heavy atom. The third-order valence-corrected chi connectivity index (χ3v) is 5.55. The molecule has 3 fully saturated rings. The van der Waals surface area contributed by atoms with Crippen LogP contribution in [0.1, 0.15) is 29.6 Å². The predicted molar refractivity (Wildman–Crippen MR) is 95.1 cm³/mol. The number of esters is 1. The van der Waals surface area contributed by atoms with E-state index in [0.717, 1.165) is 38.9 Å². The lowest BCUT2D eigenvalue weighted by Crippen LogP contribution is -2.50. The fourth-order valence-corrected chi connectivity index (χ4v) is 3.88. The Balaban J connectivity index is 0.00000182. The summed E-state index contributed by atoms with van der Waals surface area (Å²) in [5.41, 5.74) is 0.885. The van der Waals surface area contributed by atoms with Gasteiger partial charge in [0.15, 0.2) is 0 Å². The SMILES string of the molecule is COc1cc(F)c2c(C(=O)OCC34CCN(CC3)CC4)c[nH]c2c1.Cl. The van der Waals surface area contributed by atoms with Crippen LogP contribution in [0.15, 0.2) is 18.3 Å². The van der Waals surface area contributed by atoms with Crippen molar-refractivity contribution >= 4 is 29.3 Å². The van der Waals surface area contributed by atoms with Gasteiger partial charge in [-0.15, -0.1) is 12.4 Å². The van der Waals surface area contributed by atoms with Gasteiger partial charge in [-0.25, -0.2) is 9.18 Å². The zero-order chi connectivity index (χ0) is 16.7. The fraction of sp³-hybridized carbons (Fsp3) is 0.500. The first kappa shape index (κ1) is 18.0. The van der Waals surface area contributed by atoms with Gasteiger partial charge in [0, 0.05) is 23.7 Å². The molecule has 0 saturated carbocycles. The number of halogens is 2. The Kier molecular flexibility index (Phi) is 4.93. The number of benzene rings is 1. The number of nitrogens with zero attached hydrogens (tertiary/aromatic N) is 1. The van der Waals surface area contributed by atoms with Gasteiger partial charge in [-0.1, -0.05) is 0 Å². The summed E-state index contributed by atoms with van der Waals surface area (Å²) in [6, 6.07) is 2.95. The van der Waals surface area contributed by atoms with Gasteiger partial charge in [0.25, 0.3) is 0 Å². The van der Waals surface area contributed by atoms with Crippen molar-refractivity contribution in [2.24, 2.45) is 5.41 Å². The van der Waals surface area contributed by atoms with Gasteiger partial charge in [0.05, 0.1) is 30.2 Å². The molecule has 0 spiro atoms. The number of aromatic amines is 1. The molecule has 25 heavy (non-hydrogen) atoms. The van der Waals surface area contributed by atoms with Gasteiger partial charge in [0.1, 0.15) is 11.6 Å². The molecule has 2 aromatic rings. The predicted octanol–water partition coefficient (Wildman–Crippen LogP) is 3.38. The van der Waals surface area contributed by atoms with Crippen molar-refractivity contribution < 1.29 is 18.7 Å². The summed E-state index contributed by atoms with van der Waals surface area (Å²) in [7, 11) is 1.48. The molecule has 0 amide bonds. The van der Waals surface area contributed by atoms with Crippen molar-refractivity contribution in [2.45, 2.75) is 19.3 Å². The number of methoxy groups -OCH3 is 1. The highest BCUT2D eigenvalue weighted by atomic mass is 35.5. The first-order valence-electron chi connectivity index (χ1n) is 8.34. The Hall–Kier alpha value is -1.79. The lowest BCUT2D eigenvalue weighted by Gasteiger charge is -2.47. The van der Waals surface area contributed by atoms with Crippen molar-refractivity contribution in [3.05, 3.63) is 29.7 Å². The fourth-order valence-electron chi connectivity index (χ4n) is 3.88. The van der Waals surface area contributed by atoms with Crippen LogP contribution in [0.4, 0.5) is 4.39 Å². The number of carbonyl (C=O) groups excluding carboxylic acids is 1. The van der Waals surface area contributed by atoms with Crippen LogP contribution in [0.3, 0.4) is 0 Å². The highest BCUT2D eigenvalue weighted by Crippen LogP contribution is 2.40. The normalized spacial score (nSPS) is 24.8. The number of piperidine rings is 3. The Labute approximate surface area is 151 Å². The van der Waals surface area contributed by atoms with E-state index in [9.17, 15) is 9.18 Å². The quantitative estimate of drug-likeness (QED) is 0.840. The maximum absolute atomic E-state index is 14.3. The maximum Gasteiger partial charge on any atom is 0.340 e. The Morgan fingerprint density at radius 1 is 1.28 bits per heavy atom. The van der Waals surface area contributed by atoms with Crippen molar-refractivity contribution in [1.82, 2.24) is 9.88 Å². The number of aromatic nitrogens is 1. The third-order valence-electron chi connectivity index (χ3n) is 5.55. The van der Waals surface area contributed by atoms with E-state index in [2.05, 4.69) is 9.88 Å². The zero-order valence-corrected chi connectivity index (χ0v) is 15.0. The smallest absolute Gasteiger partial charge is 0.340 e. The van der Waals surface area contributed by atoms with Crippen molar-refractivity contribution in [2.75, 3.05) is 33.4 Å². The monoisotopic (exact) mass is 368 g/mol. The highest BCUT2D eigenvalue weighted by molar-refractivity contribution is 6.04. The second-order valence-electron chi connectivity index (χ2n) is 6.90. The van der Waals surface area contributed by atoms with Crippen molar-refractivity contribution in [3.63, 3.8) is 0 Å². The zero-order valence-electron chi connectivity index (χ0n) is 14.1. The summed E-state index contributed by atoms with van der Waals surface area (Å²) >= 11 is 0. The molecule has 7 heteroatoms. The van der Waals surface area contributed by atoms with Crippen molar-refractivity contribution in [1.29, 1.82) is 0 Å². The molecule has 3 aliphatic heterocycles. The van der Waals surface area contributed by atoms with Gasteiger partial charge in [-0.2, -0.15) is 0 Å². The summed E-state index contributed by atoms with van der Waals surface area (Å²) in [4.78, 5) is 17.9. The number of H-pyrrole nitrogens is 1. The van der Waals surface area contributed by atoms with Crippen LogP contribution in [0.5, 0.6) is 5.75 Å². The minimum Gasteiger partial charge on any atom is -0.497 e. The summed E-state index contributed by atoms with van der Waals surface area (Å²) in [5.74, 6) is -0.538. The molecular weight excluding hydrogens is 347 g/mol. The summed E-state index contributed by atoms with van der Waals surface area (Å²) in [6.45, 7) is 3.67. The Morgan fingerprint density at radius 2 is 1.96 bits per heavy atom. The minimum absolute atomic E-state index is 0. The number of ether oxygens (including phenoxy) is 2. The lowest BCUT2D eigenvalue weighted by molar-refractivity contribution is -0.0304. The molecule has 1 aromatic heterocycles. The topological polar surface area (TPSA) is 54.6 Å². The first-order chi connectivity index (χ1) is 11.6. The van der Waals surface area contributed by atoms with Crippen LogP contribution in [0.25, 0.3) is 10.9 Å². The highest BCUT2D eigenvalue weighted by Gasteiger charge is 2.40. The lowest BCUT2D eigenvalue weighted by atomic mass is 9.73. The Bertz CT molecular complexity index is 770. The third kappa shape index (κ3) is 3.20. The number of hydrogen-bond donors (Lipinski definition) is 1. The van der Waals surface area contributed by atoms with Crippen LogP contribution in [-0.4, -0.2) is 49.2 Å². The van der Waals surface area contributed by atoms with E-state index in [4.69, 9.17) is 9.47 Å². The molecule has 4 heterocycles. The minimum atomic E-state index is -0.485. The molecule has 0 radical (unpaired) electrons. The van der Waals surface area contributed by atoms with Crippen LogP contribution in [-0.2, 0) is 4.74 Å². The standard InChI is InChI=1S/C18H21FN2O3.ClH/c1-23-12-8-14(19)16-13(10-20-15(16)9-12)17(22)24-11-18-2-5-21(6-3-18)7-4-18;/h8-10,20H,2-7,11H2,1H3;1H. The number of nitrogens with one attached hydrogen (secondary N) is 1. The molecule has 3 saturated heterocycles. The molecule has 136 valence electrons. The molecule has 5 nitrogen and oxygen atoms in total. The summed E-state index contributed by atoms with van der Waals surface area (Å²) < 4.78 is 25.0. The van der Waals surface area contributed by atoms with E-state index in [1.807, 2.05) is 0 Å². The van der Waals surface area contributed by atoms with E-state index in [1.165, 1.54) is 19.4 Å². The number of fused-ring (bicyclic) bond motifs is 4. The molecular formula is C18H22ClFN2O3. The average Bonchev–Trinajstić information content (AvgIpc) is 3.06. The second-order valence-corrected chi connectivity index (χ2v) is 6.90. The molecule has 0 unspecified atom stereocenters. The van der Waals surface area contributed by atoms with E-state index < -0.39 is 11.8 Å². The van der Waals surface area contributed by atoms with E-state index in [-0.39, 0.29) is 28.8 Å². The molecule has 1 N–H and O–H groups in total. The van der Waals surface area contributed by atoms with Gasteiger partial charge in [0.2, 0.25) is 0 Å². The van der Waals surface area contributed by atoms with Crippen molar-refractivity contribution in [3.8, 4) is 5.75 Å². The molecule has 0 atom stereocenters. The van der Waals surface area contributed by atoms with Crippen LogP contribution >= 0.6 is 12.4 Å². The molecule has 3 aliphatic rings. The second kappa shape index (κ2) is 6.84. The van der Waals surface area contributed by atoms with Gasteiger partial charge >= 0.3 is 5.97 Å². The molecule has 5 rings (SSSR count). The largest absolute Gasteiger partial charge is 0.497 e.